The van der Waals surface area contributed by atoms with Gasteiger partial charge < -0.3 is 10.8 Å². The molecule has 0 aliphatic rings. The number of nitrogens with two attached hydrogens (primary N) is 1. The minimum Gasteiger partial charge on any atom is -0.396 e. The van der Waals surface area contributed by atoms with E-state index in [2.05, 4.69) is 9.97 Å². The van der Waals surface area contributed by atoms with Crippen LogP contribution in [0.15, 0.2) is 24.3 Å². The first-order valence-electron chi connectivity index (χ1n) is 5.01. The van der Waals surface area contributed by atoms with Crippen LogP contribution in [0.25, 0.3) is 10.9 Å². The topological polar surface area (TPSA) is 72.0 Å². The van der Waals surface area contributed by atoms with Crippen molar-refractivity contribution in [1.82, 2.24) is 9.97 Å². The predicted octanol–water partition coefficient (Wildman–Crippen LogP) is 1.44. The number of thioether (sulfide) groups is 1. The third kappa shape index (κ3) is 2.43. The molecular weight excluding hydrogens is 222 g/mol. The Labute approximate surface area is 97.9 Å². The Morgan fingerprint density at radius 3 is 2.88 bits per heavy atom. The molecule has 84 valence electrons. The average Bonchev–Trinajstić information content (AvgIpc) is 2.30. The van der Waals surface area contributed by atoms with Crippen LogP contribution in [0.5, 0.6) is 0 Å². The Morgan fingerprint density at radius 2 is 2.06 bits per heavy atom. The molecule has 0 spiro atoms. The molecule has 0 atom stereocenters. The van der Waals surface area contributed by atoms with E-state index in [1.165, 1.54) is 0 Å². The van der Waals surface area contributed by atoms with Crippen molar-refractivity contribution in [1.29, 1.82) is 0 Å². The number of aliphatic hydroxyl groups excluding tert-OH is 1. The number of nitrogen functional groups attached to an aromatic ring is 1. The van der Waals surface area contributed by atoms with E-state index in [1.54, 1.807) is 11.8 Å². The third-order valence-electron chi connectivity index (χ3n) is 2.15. The first-order valence-corrected chi connectivity index (χ1v) is 6.16. The van der Waals surface area contributed by atoms with E-state index in [1.807, 2.05) is 24.3 Å². The molecule has 0 fully saturated rings. The van der Waals surface area contributed by atoms with E-state index in [9.17, 15) is 0 Å². The van der Waals surface area contributed by atoms with Crippen molar-refractivity contribution in [2.45, 2.75) is 5.75 Å². The maximum Gasteiger partial charge on any atom is 0.141 e. The fraction of sp³-hybridized carbons (Fsp3) is 0.273. The molecule has 1 aromatic heterocycles. The molecular formula is C11H13N3OS. The molecule has 1 aromatic carbocycles. The van der Waals surface area contributed by atoms with Gasteiger partial charge in [0, 0.05) is 11.1 Å². The lowest BCUT2D eigenvalue weighted by molar-refractivity contribution is 0.322. The van der Waals surface area contributed by atoms with Crippen LogP contribution in [-0.2, 0) is 5.75 Å². The highest BCUT2D eigenvalue weighted by Gasteiger charge is 2.04. The average molecular weight is 235 g/mol. The Bertz CT molecular complexity index is 490. The normalized spacial score (nSPS) is 10.8. The molecule has 2 rings (SSSR count). The summed E-state index contributed by atoms with van der Waals surface area (Å²) in [6.07, 6.45) is 0. The Hall–Kier alpha value is -1.33. The summed E-state index contributed by atoms with van der Waals surface area (Å²) in [6.45, 7) is 0.174. The second-order valence-electron chi connectivity index (χ2n) is 3.32. The van der Waals surface area contributed by atoms with Crippen LogP contribution in [-0.4, -0.2) is 27.4 Å². The summed E-state index contributed by atoms with van der Waals surface area (Å²) in [6, 6.07) is 7.69. The Kier molecular flexibility index (Phi) is 3.58. The van der Waals surface area contributed by atoms with Crippen molar-refractivity contribution in [3.8, 4) is 0 Å². The van der Waals surface area contributed by atoms with Crippen LogP contribution in [0.4, 0.5) is 5.82 Å². The number of nitrogens with zero attached hydrogens (tertiary/aromatic N) is 2. The van der Waals surface area contributed by atoms with Gasteiger partial charge >= 0.3 is 0 Å². The molecule has 0 unspecified atom stereocenters. The molecule has 16 heavy (non-hydrogen) atoms. The zero-order valence-corrected chi connectivity index (χ0v) is 9.57. The molecule has 3 N–H and O–H groups in total. The number of hydrogen-bond acceptors (Lipinski definition) is 5. The number of aliphatic hydroxyl groups is 1. The second kappa shape index (κ2) is 5.14. The molecule has 0 radical (unpaired) electrons. The lowest BCUT2D eigenvalue weighted by Gasteiger charge is -2.04. The molecule has 5 heteroatoms. The summed E-state index contributed by atoms with van der Waals surface area (Å²) in [5, 5.41) is 9.57. The highest BCUT2D eigenvalue weighted by atomic mass is 32.2. The number of anilines is 1. The van der Waals surface area contributed by atoms with Crippen LogP contribution in [0.3, 0.4) is 0 Å². The third-order valence-corrected chi connectivity index (χ3v) is 3.08. The first-order chi connectivity index (χ1) is 7.81. The van der Waals surface area contributed by atoms with Gasteiger partial charge in [0.25, 0.3) is 0 Å². The fourth-order valence-electron chi connectivity index (χ4n) is 1.44. The first kappa shape index (κ1) is 11.2. The quantitative estimate of drug-likeness (QED) is 0.784. The van der Waals surface area contributed by atoms with E-state index >= 15 is 0 Å². The largest absolute Gasteiger partial charge is 0.396 e. The van der Waals surface area contributed by atoms with E-state index in [-0.39, 0.29) is 6.61 Å². The van der Waals surface area contributed by atoms with Crippen LogP contribution in [0.2, 0.25) is 0 Å². The summed E-state index contributed by atoms with van der Waals surface area (Å²) in [4.78, 5) is 8.65. The van der Waals surface area contributed by atoms with Crippen molar-refractivity contribution in [2.24, 2.45) is 0 Å². The molecule has 2 aromatic rings. The van der Waals surface area contributed by atoms with Gasteiger partial charge in [-0.05, 0) is 12.1 Å². The number of benzene rings is 1. The summed E-state index contributed by atoms with van der Waals surface area (Å²) in [5.41, 5.74) is 6.72. The molecule has 0 aliphatic carbocycles. The highest BCUT2D eigenvalue weighted by Crippen LogP contribution is 2.18. The van der Waals surface area contributed by atoms with Gasteiger partial charge in [0.1, 0.15) is 11.6 Å². The maximum atomic E-state index is 8.68. The fourth-order valence-corrected chi connectivity index (χ4v) is 2.03. The SMILES string of the molecule is Nc1nc(CSCCO)nc2ccccc12. The van der Waals surface area contributed by atoms with Crippen LogP contribution in [0, 0.1) is 0 Å². The van der Waals surface area contributed by atoms with Gasteiger partial charge in [-0.25, -0.2) is 9.97 Å². The van der Waals surface area contributed by atoms with E-state index in [0.717, 1.165) is 16.7 Å². The molecule has 0 bridgehead atoms. The van der Waals surface area contributed by atoms with Crippen molar-refractivity contribution < 1.29 is 5.11 Å². The minimum atomic E-state index is 0.174. The van der Waals surface area contributed by atoms with Crippen molar-refractivity contribution >= 4 is 28.5 Å². The van der Waals surface area contributed by atoms with Gasteiger partial charge in [-0.15, -0.1) is 0 Å². The van der Waals surface area contributed by atoms with Gasteiger partial charge in [0.2, 0.25) is 0 Å². The van der Waals surface area contributed by atoms with E-state index in [0.29, 0.717) is 17.3 Å². The summed E-state index contributed by atoms with van der Waals surface area (Å²) in [5.74, 6) is 2.60. The van der Waals surface area contributed by atoms with Gasteiger partial charge in [-0.2, -0.15) is 11.8 Å². The Balaban J connectivity index is 2.27. The van der Waals surface area contributed by atoms with Gasteiger partial charge in [-0.1, -0.05) is 12.1 Å². The smallest absolute Gasteiger partial charge is 0.141 e. The molecule has 0 saturated carbocycles. The Morgan fingerprint density at radius 1 is 1.25 bits per heavy atom. The standard InChI is InChI=1S/C11H13N3OS/c12-11-8-3-1-2-4-9(8)13-10(14-11)7-16-6-5-15/h1-4,15H,5-7H2,(H2,12,13,14). The van der Waals surface area contributed by atoms with Crippen molar-refractivity contribution in [3.63, 3.8) is 0 Å². The van der Waals surface area contributed by atoms with Gasteiger partial charge in [-0.3, -0.25) is 0 Å². The molecule has 0 amide bonds. The minimum absolute atomic E-state index is 0.174. The van der Waals surface area contributed by atoms with Gasteiger partial charge in [0.05, 0.1) is 17.9 Å². The monoisotopic (exact) mass is 235 g/mol. The maximum absolute atomic E-state index is 8.68. The van der Waals surface area contributed by atoms with Crippen molar-refractivity contribution in [3.05, 3.63) is 30.1 Å². The zero-order chi connectivity index (χ0) is 11.4. The molecule has 4 nitrogen and oxygen atoms in total. The summed E-state index contributed by atoms with van der Waals surface area (Å²) in [7, 11) is 0. The lowest BCUT2D eigenvalue weighted by Crippen LogP contribution is -2.00. The van der Waals surface area contributed by atoms with Crippen LogP contribution >= 0.6 is 11.8 Å². The summed E-state index contributed by atoms with van der Waals surface area (Å²) < 4.78 is 0. The predicted molar refractivity (Wildman–Crippen MR) is 67.2 cm³/mol. The van der Waals surface area contributed by atoms with Crippen LogP contribution in [0.1, 0.15) is 5.82 Å². The molecule has 0 saturated heterocycles. The molecule has 1 heterocycles. The highest BCUT2D eigenvalue weighted by molar-refractivity contribution is 7.98. The second-order valence-corrected chi connectivity index (χ2v) is 4.42. The summed E-state index contributed by atoms with van der Waals surface area (Å²) >= 11 is 1.59. The number of para-hydroxylation sites is 1. The van der Waals surface area contributed by atoms with E-state index in [4.69, 9.17) is 10.8 Å². The van der Waals surface area contributed by atoms with Crippen molar-refractivity contribution in [2.75, 3.05) is 18.1 Å². The van der Waals surface area contributed by atoms with Crippen LogP contribution < -0.4 is 5.73 Å². The number of hydrogen-bond donors (Lipinski definition) is 2. The molecule has 0 aliphatic heterocycles. The van der Waals surface area contributed by atoms with E-state index < -0.39 is 0 Å². The number of aromatic nitrogens is 2. The zero-order valence-electron chi connectivity index (χ0n) is 8.76. The number of rotatable bonds is 4. The number of fused-ring (bicyclic) bond motifs is 1. The van der Waals surface area contributed by atoms with Gasteiger partial charge in [0.15, 0.2) is 0 Å². The lowest BCUT2D eigenvalue weighted by atomic mass is 10.2.